The summed E-state index contributed by atoms with van der Waals surface area (Å²) in [5.41, 5.74) is 8.75. The number of benzene rings is 2. The van der Waals surface area contributed by atoms with E-state index in [1.165, 1.54) is 0 Å². The van der Waals surface area contributed by atoms with E-state index in [4.69, 9.17) is 5.73 Å². The van der Waals surface area contributed by atoms with E-state index in [0.717, 1.165) is 16.8 Å². The average molecular weight is 363 g/mol. The number of aliphatic hydroxyl groups excluding tert-OH is 1. The van der Waals surface area contributed by atoms with E-state index >= 15 is 0 Å². The summed E-state index contributed by atoms with van der Waals surface area (Å²) in [6.07, 6.45) is 1.25. The van der Waals surface area contributed by atoms with Crippen LogP contribution >= 0.6 is 12.4 Å². The Labute approximate surface area is 155 Å². The van der Waals surface area contributed by atoms with Crippen LogP contribution in [0.25, 0.3) is 0 Å². The van der Waals surface area contributed by atoms with E-state index in [1.54, 1.807) is 6.92 Å². The molecule has 2 unspecified atom stereocenters. The summed E-state index contributed by atoms with van der Waals surface area (Å²) < 4.78 is 0. The fraction of sp³-hybridized carbons (Fsp3) is 0.350. The second-order valence-corrected chi connectivity index (χ2v) is 6.20. The number of halogens is 1. The first-order valence-electron chi connectivity index (χ1n) is 8.39. The lowest BCUT2D eigenvalue weighted by atomic mass is 9.93. The van der Waals surface area contributed by atoms with Gasteiger partial charge in [-0.25, -0.2) is 0 Å². The van der Waals surface area contributed by atoms with Crippen molar-refractivity contribution in [2.75, 3.05) is 12.3 Å². The van der Waals surface area contributed by atoms with Gasteiger partial charge in [0.05, 0.1) is 6.10 Å². The van der Waals surface area contributed by atoms with Gasteiger partial charge in [0.15, 0.2) is 0 Å². The van der Waals surface area contributed by atoms with Crippen molar-refractivity contribution in [2.45, 2.75) is 38.2 Å². The highest BCUT2D eigenvalue weighted by Crippen LogP contribution is 2.20. The van der Waals surface area contributed by atoms with Gasteiger partial charge in [0, 0.05) is 24.6 Å². The molecule has 4 N–H and O–H groups in total. The van der Waals surface area contributed by atoms with E-state index in [2.05, 4.69) is 5.32 Å². The molecule has 0 aliphatic carbocycles. The Bertz CT molecular complexity index is 647. The maximum Gasteiger partial charge on any atom is 0.220 e. The van der Waals surface area contributed by atoms with Crippen LogP contribution in [-0.2, 0) is 11.2 Å². The van der Waals surface area contributed by atoms with Crippen LogP contribution in [0.5, 0.6) is 0 Å². The van der Waals surface area contributed by atoms with Gasteiger partial charge < -0.3 is 16.2 Å². The lowest BCUT2D eigenvalue weighted by molar-refractivity contribution is -0.121. The minimum absolute atomic E-state index is 0. The van der Waals surface area contributed by atoms with Crippen molar-refractivity contribution < 1.29 is 9.90 Å². The van der Waals surface area contributed by atoms with Gasteiger partial charge in [0.25, 0.3) is 0 Å². The van der Waals surface area contributed by atoms with E-state index < -0.39 is 6.10 Å². The van der Waals surface area contributed by atoms with Crippen molar-refractivity contribution in [1.82, 2.24) is 5.32 Å². The molecule has 25 heavy (non-hydrogen) atoms. The van der Waals surface area contributed by atoms with Crippen LogP contribution in [0.1, 0.15) is 36.8 Å². The average Bonchev–Trinajstić information content (AvgIpc) is 2.58. The number of nitrogens with one attached hydrogen (secondary N) is 1. The SMILES string of the molecule is CC(O)CC(CNC(=O)CCc1ccccc1N)c1ccccc1.Cl. The van der Waals surface area contributed by atoms with Crippen LogP contribution in [0.15, 0.2) is 54.6 Å². The molecular formula is C20H27ClN2O2. The molecule has 2 atom stereocenters. The molecule has 1 amide bonds. The lowest BCUT2D eigenvalue weighted by Gasteiger charge is -2.19. The van der Waals surface area contributed by atoms with Gasteiger partial charge in [-0.2, -0.15) is 0 Å². The van der Waals surface area contributed by atoms with Crippen molar-refractivity contribution in [3.05, 3.63) is 65.7 Å². The number of carbonyl (C=O) groups excluding carboxylic acids is 1. The summed E-state index contributed by atoms with van der Waals surface area (Å²) in [6.45, 7) is 2.30. The van der Waals surface area contributed by atoms with E-state index in [-0.39, 0.29) is 24.2 Å². The van der Waals surface area contributed by atoms with E-state index in [1.807, 2.05) is 54.6 Å². The van der Waals surface area contributed by atoms with Crippen molar-refractivity contribution in [1.29, 1.82) is 0 Å². The molecule has 2 aromatic rings. The fourth-order valence-electron chi connectivity index (χ4n) is 2.81. The van der Waals surface area contributed by atoms with Gasteiger partial charge in [0.2, 0.25) is 5.91 Å². The Morgan fingerprint density at radius 1 is 1.12 bits per heavy atom. The number of hydrogen-bond donors (Lipinski definition) is 3. The van der Waals surface area contributed by atoms with Gasteiger partial charge in [-0.15, -0.1) is 12.4 Å². The number of anilines is 1. The Kier molecular flexibility index (Phi) is 9.03. The zero-order valence-electron chi connectivity index (χ0n) is 14.5. The van der Waals surface area contributed by atoms with Crippen molar-refractivity contribution in [3.63, 3.8) is 0 Å². The summed E-state index contributed by atoms with van der Waals surface area (Å²) in [5.74, 6) is 0.113. The molecule has 0 radical (unpaired) electrons. The molecule has 0 bridgehead atoms. The fourth-order valence-corrected chi connectivity index (χ4v) is 2.81. The third-order valence-corrected chi connectivity index (χ3v) is 4.12. The highest BCUT2D eigenvalue weighted by Gasteiger charge is 2.15. The van der Waals surface area contributed by atoms with Gasteiger partial charge in [-0.05, 0) is 37.0 Å². The van der Waals surface area contributed by atoms with E-state index in [9.17, 15) is 9.90 Å². The number of amides is 1. The first kappa shape index (κ1) is 21.0. The first-order chi connectivity index (χ1) is 11.6. The van der Waals surface area contributed by atoms with Gasteiger partial charge >= 0.3 is 0 Å². The molecule has 0 aliphatic heterocycles. The number of nitrogen functional groups attached to an aromatic ring is 1. The molecule has 0 aromatic heterocycles. The van der Waals surface area contributed by atoms with Gasteiger partial charge in [-0.1, -0.05) is 48.5 Å². The summed E-state index contributed by atoms with van der Waals surface area (Å²) in [5, 5.41) is 12.7. The summed E-state index contributed by atoms with van der Waals surface area (Å²) in [7, 11) is 0. The molecule has 4 nitrogen and oxygen atoms in total. The normalized spacial score (nSPS) is 12.7. The molecular weight excluding hydrogens is 336 g/mol. The van der Waals surface area contributed by atoms with Crippen LogP contribution in [0.2, 0.25) is 0 Å². The maximum absolute atomic E-state index is 12.1. The second kappa shape index (κ2) is 10.7. The molecule has 0 saturated carbocycles. The largest absolute Gasteiger partial charge is 0.399 e. The Balaban J connectivity index is 0.00000312. The zero-order valence-corrected chi connectivity index (χ0v) is 15.3. The molecule has 5 heteroatoms. The Morgan fingerprint density at radius 3 is 2.40 bits per heavy atom. The topological polar surface area (TPSA) is 75.3 Å². The van der Waals surface area contributed by atoms with Crippen LogP contribution in [0.4, 0.5) is 5.69 Å². The maximum atomic E-state index is 12.1. The quantitative estimate of drug-likeness (QED) is 0.631. The smallest absolute Gasteiger partial charge is 0.220 e. The molecule has 0 saturated heterocycles. The standard InChI is InChI=1S/C20H26N2O2.ClH/c1-15(23)13-18(16-7-3-2-4-8-16)14-22-20(24)12-11-17-9-5-6-10-19(17)21;/h2-10,15,18,23H,11-14,21H2,1H3,(H,22,24);1H. The lowest BCUT2D eigenvalue weighted by Crippen LogP contribution is -2.30. The molecule has 2 rings (SSSR count). The van der Waals surface area contributed by atoms with Crippen molar-refractivity contribution >= 4 is 24.0 Å². The number of aryl methyl sites for hydroxylation is 1. The predicted molar refractivity (Wildman–Crippen MR) is 105 cm³/mol. The highest BCUT2D eigenvalue weighted by molar-refractivity contribution is 5.85. The first-order valence-corrected chi connectivity index (χ1v) is 8.39. The van der Waals surface area contributed by atoms with Crippen LogP contribution in [0.3, 0.4) is 0 Å². The van der Waals surface area contributed by atoms with Crippen molar-refractivity contribution in [3.8, 4) is 0 Å². The van der Waals surface area contributed by atoms with Crippen LogP contribution in [-0.4, -0.2) is 23.7 Å². The predicted octanol–water partition coefficient (Wildman–Crippen LogP) is 3.29. The minimum Gasteiger partial charge on any atom is -0.399 e. The highest BCUT2D eigenvalue weighted by atomic mass is 35.5. The molecule has 136 valence electrons. The monoisotopic (exact) mass is 362 g/mol. The third-order valence-electron chi connectivity index (χ3n) is 4.12. The van der Waals surface area contributed by atoms with Gasteiger partial charge in [-0.3, -0.25) is 4.79 Å². The van der Waals surface area contributed by atoms with Crippen molar-refractivity contribution in [2.24, 2.45) is 0 Å². The summed E-state index contributed by atoms with van der Waals surface area (Å²) in [4.78, 5) is 12.1. The minimum atomic E-state index is -0.406. The Morgan fingerprint density at radius 2 is 1.76 bits per heavy atom. The molecule has 0 heterocycles. The number of aliphatic hydroxyl groups is 1. The molecule has 0 aliphatic rings. The number of para-hydroxylation sites is 1. The number of carbonyl (C=O) groups is 1. The van der Waals surface area contributed by atoms with Crippen LogP contribution < -0.4 is 11.1 Å². The van der Waals surface area contributed by atoms with Crippen LogP contribution in [0, 0.1) is 0 Å². The molecule has 2 aromatic carbocycles. The molecule has 0 fully saturated rings. The number of nitrogens with two attached hydrogens (primary N) is 1. The summed E-state index contributed by atoms with van der Waals surface area (Å²) >= 11 is 0. The van der Waals surface area contributed by atoms with E-state index in [0.29, 0.717) is 25.8 Å². The summed E-state index contributed by atoms with van der Waals surface area (Å²) in [6, 6.07) is 17.6. The third kappa shape index (κ3) is 7.16. The number of hydrogen-bond acceptors (Lipinski definition) is 3. The Hall–Kier alpha value is -2.04. The second-order valence-electron chi connectivity index (χ2n) is 6.20. The molecule has 0 spiro atoms. The zero-order chi connectivity index (χ0) is 17.4. The van der Waals surface area contributed by atoms with Gasteiger partial charge in [0.1, 0.15) is 0 Å². The number of rotatable bonds is 8.